The average Bonchev–Trinajstić information content (AvgIpc) is 3.25. The zero-order valence-corrected chi connectivity index (χ0v) is 21.3. The van der Waals surface area contributed by atoms with E-state index in [4.69, 9.17) is 9.47 Å². The second kappa shape index (κ2) is 12.3. The van der Waals surface area contributed by atoms with Crippen molar-refractivity contribution in [2.45, 2.75) is 40.3 Å². The van der Waals surface area contributed by atoms with Crippen molar-refractivity contribution in [1.82, 2.24) is 14.8 Å². The molecule has 0 spiro atoms. The number of nitrogens with zero attached hydrogens (tertiary/aromatic N) is 2. The highest BCUT2D eigenvalue weighted by Gasteiger charge is 2.14. The molecule has 35 heavy (non-hydrogen) atoms. The summed E-state index contributed by atoms with van der Waals surface area (Å²) in [7, 11) is 1.50. The zero-order chi connectivity index (χ0) is 25.4. The van der Waals surface area contributed by atoms with Crippen LogP contribution in [0.5, 0.6) is 11.5 Å². The van der Waals surface area contributed by atoms with Crippen LogP contribution in [-0.2, 0) is 11.3 Å². The Bertz CT molecular complexity index is 1150. The molecule has 2 amide bonds. The van der Waals surface area contributed by atoms with Gasteiger partial charge in [0.15, 0.2) is 18.1 Å². The van der Waals surface area contributed by atoms with Crippen molar-refractivity contribution in [2.24, 2.45) is 0 Å². The lowest BCUT2D eigenvalue weighted by molar-refractivity contribution is -0.123. The number of nitrogens with one attached hydrogen (secondary N) is 2. The maximum Gasteiger partial charge on any atom is 0.258 e. The highest BCUT2D eigenvalue weighted by Crippen LogP contribution is 2.29. The predicted molar refractivity (Wildman–Crippen MR) is 139 cm³/mol. The summed E-state index contributed by atoms with van der Waals surface area (Å²) in [5.41, 5.74) is 2.28. The number of hydrogen-bond donors (Lipinski definition) is 2. The topological polar surface area (TPSA) is 84.8 Å². The minimum Gasteiger partial charge on any atom is -0.493 e. The van der Waals surface area contributed by atoms with Crippen molar-refractivity contribution in [3.63, 3.8) is 0 Å². The zero-order valence-electron chi connectivity index (χ0n) is 21.3. The first-order chi connectivity index (χ1) is 16.8. The number of carbonyl (C=O) groups is 2. The molecule has 0 saturated heterocycles. The number of hydrogen-bond acceptors (Lipinski definition) is 5. The molecule has 1 heterocycles. The van der Waals surface area contributed by atoms with Gasteiger partial charge in [-0.1, -0.05) is 13.8 Å². The summed E-state index contributed by atoms with van der Waals surface area (Å²) < 4.78 is 13.2. The third-order valence-electron chi connectivity index (χ3n) is 5.81. The molecule has 3 rings (SSSR count). The summed E-state index contributed by atoms with van der Waals surface area (Å²) in [5, 5.41) is 6.79. The maximum atomic E-state index is 12.9. The van der Waals surface area contributed by atoms with Gasteiger partial charge in [0.25, 0.3) is 11.8 Å². The molecule has 0 aliphatic carbocycles. The van der Waals surface area contributed by atoms with E-state index in [0.717, 1.165) is 37.1 Å². The van der Waals surface area contributed by atoms with Gasteiger partial charge < -0.3 is 29.6 Å². The molecule has 188 valence electrons. The monoisotopic (exact) mass is 480 g/mol. The van der Waals surface area contributed by atoms with E-state index in [2.05, 4.69) is 46.2 Å². The van der Waals surface area contributed by atoms with Crippen LogP contribution < -0.4 is 20.1 Å². The van der Waals surface area contributed by atoms with E-state index in [1.54, 1.807) is 18.2 Å². The molecular weight excluding hydrogens is 444 g/mol. The van der Waals surface area contributed by atoms with Crippen LogP contribution >= 0.6 is 0 Å². The molecule has 0 unspecified atom stereocenters. The number of carbonyl (C=O) groups excluding carboxylic acids is 2. The largest absolute Gasteiger partial charge is 0.493 e. The third kappa shape index (κ3) is 6.99. The van der Waals surface area contributed by atoms with Gasteiger partial charge >= 0.3 is 0 Å². The summed E-state index contributed by atoms with van der Waals surface area (Å²) in [6, 6.07) is 12.9. The maximum absolute atomic E-state index is 12.9. The van der Waals surface area contributed by atoms with E-state index in [9.17, 15) is 9.59 Å². The van der Waals surface area contributed by atoms with Crippen LogP contribution in [0.25, 0.3) is 10.9 Å². The summed E-state index contributed by atoms with van der Waals surface area (Å²) in [5.74, 6) is 0.306. The quantitative estimate of drug-likeness (QED) is 0.407. The Morgan fingerprint density at radius 2 is 1.80 bits per heavy atom. The number of aromatic nitrogens is 1. The second-order valence-electron chi connectivity index (χ2n) is 8.64. The van der Waals surface area contributed by atoms with Crippen molar-refractivity contribution >= 4 is 28.4 Å². The highest BCUT2D eigenvalue weighted by atomic mass is 16.5. The van der Waals surface area contributed by atoms with Crippen LogP contribution in [0.2, 0.25) is 0 Å². The van der Waals surface area contributed by atoms with Crippen molar-refractivity contribution < 1.29 is 19.1 Å². The number of benzene rings is 2. The standard InChI is InChI=1S/C27H36N4O4/c1-6-30(7-2)14-15-31-13-12-20-16-22(9-10-23(20)31)29-27(33)21-8-11-24(25(17-21)34-5)35-18-26(32)28-19(3)4/h8-13,16-17,19H,6-7,14-15,18H2,1-5H3,(H,28,32)(H,29,33). The highest BCUT2D eigenvalue weighted by molar-refractivity contribution is 6.05. The Labute approximate surface area is 207 Å². The van der Waals surface area contributed by atoms with Gasteiger partial charge in [0.05, 0.1) is 7.11 Å². The Morgan fingerprint density at radius 1 is 1.03 bits per heavy atom. The van der Waals surface area contributed by atoms with Gasteiger partial charge in [-0.2, -0.15) is 0 Å². The second-order valence-corrected chi connectivity index (χ2v) is 8.64. The number of methoxy groups -OCH3 is 1. The average molecular weight is 481 g/mol. The Balaban J connectivity index is 1.66. The van der Waals surface area contributed by atoms with E-state index < -0.39 is 0 Å². The van der Waals surface area contributed by atoms with Gasteiger partial charge in [-0.3, -0.25) is 9.59 Å². The Hall–Kier alpha value is -3.52. The molecule has 8 nitrogen and oxygen atoms in total. The van der Waals surface area contributed by atoms with Gasteiger partial charge in [-0.15, -0.1) is 0 Å². The fourth-order valence-electron chi connectivity index (χ4n) is 3.90. The first kappa shape index (κ1) is 26.1. The molecule has 0 aliphatic rings. The number of fused-ring (bicyclic) bond motifs is 1. The minimum atomic E-state index is -0.257. The fourth-order valence-corrected chi connectivity index (χ4v) is 3.90. The lowest BCUT2D eigenvalue weighted by Crippen LogP contribution is -2.34. The van der Waals surface area contributed by atoms with Crippen LogP contribution in [0, 0.1) is 0 Å². The van der Waals surface area contributed by atoms with Crippen molar-refractivity contribution in [2.75, 3.05) is 38.7 Å². The summed E-state index contributed by atoms with van der Waals surface area (Å²) in [4.78, 5) is 27.1. The van der Waals surface area contributed by atoms with Crippen LogP contribution in [0.1, 0.15) is 38.1 Å². The molecule has 8 heteroatoms. The Kier molecular flexibility index (Phi) is 9.14. The van der Waals surface area contributed by atoms with Crippen LogP contribution in [0.15, 0.2) is 48.7 Å². The van der Waals surface area contributed by atoms with E-state index in [1.165, 1.54) is 7.11 Å². The van der Waals surface area contributed by atoms with Gasteiger partial charge in [0, 0.05) is 47.5 Å². The van der Waals surface area contributed by atoms with Gasteiger partial charge in [0.2, 0.25) is 0 Å². The lowest BCUT2D eigenvalue weighted by atomic mass is 10.1. The van der Waals surface area contributed by atoms with E-state index in [1.807, 2.05) is 32.0 Å². The number of anilines is 1. The third-order valence-corrected chi connectivity index (χ3v) is 5.81. The molecule has 0 atom stereocenters. The van der Waals surface area contributed by atoms with E-state index in [0.29, 0.717) is 22.7 Å². The molecule has 0 fully saturated rings. The molecule has 0 aliphatic heterocycles. The first-order valence-electron chi connectivity index (χ1n) is 12.1. The molecule has 0 saturated carbocycles. The van der Waals surface area contributed by atoms with Crippen LogP contribution in [-0.4, -0.2) is 60.7 Å². The molecule has 2 N–H and O–H groups in total. The predicted octanol–water partition coefficient (Wildman–Crippen LogP) is 4.15. The SMILES string of the molecule is CCN(CC)CCn1ccc2cc(NC(=O)c3ccc(OCC(=O)NC(C)C)c(OC)c3)ccc21. The van der Waals surface area contributed by atoms with Crippen LogP contribution in [0.4, 0.5) is 5.69 Å². The molecule has 0 radical (unpaired) electrons. The smallest absolute Gasteiger partial charge is 0.258 e. The Morgan fingerprint density at radius 3 is 2.49 bits per heavy atom. The van der Waals surface area contributed by atoms with Gasteiger partial charge in [-0.25, -0.2) is 0 Å². The molecule has 2 aromatic carbocycles. The number of likely N-dealkylation sites (N-methyl/N-ethyl adjacent to an activating group) is 1. The van der Waals surface area contributed by atoms with E-state index in [-0.39, 0.29) is 24.5 Å². The minimum absolute atomic E-state index is 0.0318. The molecule has 0 bridgehead atoms. The number of ether oxygens (including phenoxy) is 2. The number of amides is 2. The first-order valence-corrected chi connectivity index (χ1v) is 12.1. The molecular formula is C27H36N4O4. The summed E-state index contributed by atoms with van der Waals surface area (Å²) in [6.45, 7) is 12.0. The summed E-state index contributed by atoms with van der Waals surface area (Å²) >= 11 is 0. The van der Waals surface area contributed by atoms with Crippen molar-refractivity contribution in [3.8, 4) is 11.5 Å². The normalized spacial score (nSPS) is 11.2. The lowest BCUT2D eigenvalue weighted by Gasteiger charge is -2.18. The van der Waals surface area contributed by atoms with Crippen molar-refractivity contribution in [1.29, 1.82) is 0 Å². The molecule has 1 aromatic heterocycles. The van der Waals surface area contributed by atoms with Crippen LogP contribution in [0.3, 0.4) is 0 Å². The molecule has 3 aromatic rings. The fraction of sp³-hybridized carbons (Fsp3) is 0.407. The number of rotatable bonds is 12. The van der Waals surface area contributed by atoms with Gasteiger partial charge in [0.1, 0.15) is 0 Å². The van der Waals surface area contributed by atoms with Crippen molar-refractivity contribution in [3.05, 3.63) is 54.2 Å². The van der Waals surface area contributed by atoms with E-state index >= 15 is 0 Å². The van der Waals surface area contributed by atoms with Gasteiger partial charge in [-0.05, 0) is 69.4 Å². The summed E-state index contributed by atoms with van der Waals surface area (Å²) in [6.07, 6.45) is 2.09.